The van der Waals surface area contributed by atoms with E-state index in [4.69, 9.17) is 5.11 Å². The molecule has 0 unspecified atom stereocenters. The number of carboxylic acid groups (broad SMARTS) is 1. The second-order valence-corrected chi connectivity index (χ2v) is 6.36. The van der Waals surface area contributed by atoms with Crippen LogP contribution in [0.2, 0.25) is 0 Å². The van der Waals surface area contributed by atoms with Crippen LogP contribution in [0.25, 0.3) is 17.0 Å². The van der Waals surface area contributed by atoms with Crippen LogP contribution < -0.4 is 0 Å². The summed E-state index contributed by atoms with van der Waals surface area (Å²) in [5.74, 6) is -2.36. The molecule has 1 aromatic heterocycles. The fourth-order valence-electron chi connectivity index (χ4n) is 2.38. The van der Waals surface area contributed by atoms with Gasteiger partial charge in [0.2, 0.25) is 0 Å². The first-order chi connectivity index (χ1) is 11.4. The summed E-state index contributed by atoms with van der Waals surface area (Å²) in [6, 6.07) is 8.99. The molecule has 0 spiro atoms. The zero-order valence-electron chi connectivity index (χ0n) is 12.2. The first-order valence-corrected chi connectivity index (χ1v) is 8.03. The SMILES string of the molecule is O=C(O)/C=C/c1nn(Cc2ccc(F)cc2F)c2cc(I)ccc12. The molecule has 0 saturated carbocycles. The molecule has 0 saturated heterocycles. The summed E-state index contributed by atoms with van der Waals surface area (Å²) in [5, 5.41) is 13.9. The van der Waals surface area contributed by atoms with E-state index in [0.717, 1.165) is 26.6 Å². The lowest BCUT2D eigenvalue weighted by Crippen LogP contribution is -2.04. The Balaban J connectivity index is 2.09. The van der Waals surface area contributed by atoms with Crippen LogP contribution in [0.3, 0.4) is 0 Å². The molecule has 1 heterocycles. The molecular weight excluding hydrogens is 429 g/mol. The van der Waals surface area contributed by atoms with Crippen LogP contribution in [-0.2, 0) is 11.3 Å². The molecule has 0 aliphatic carbocycles. The molecule has 4 nitrogen and oxygen atoms in total. The molecule has 122 valence electrons. The third-order valence-corrected chi connectivity index (χ3v) is 4.13. The Kier molecular flexibility index (Phi) is 4.61. The molecule has 2 aromatic carbocycles. The average molecular weight is 440 g/mol. The zero-order valence-corrected chi connectivity index (χ0v) is 14.4. The second kappa shape index (κ2) is 6.68. The van der Waals surface area contributed by atoms with Crippen molar-refractivity contribution in [1.82, 2.24) is 9.78 Å². The second-order valence-electron chi connectivity index (χ2n) is 5.11. The lowest BCUT2D eigenvalue weighted by atomic mass is 10.2. The third kappa shape index (κ3) is 3.45. The third-order valence-electron chi connectivity index (χ3n) is 3.46. The van der Waals surface area contributed by atoms with Crippen molar-refractivity contribution in [3.8, 4) is 0 Å². The molecule has 1 N–H and O–H groups in total. The largest absolute Gasteiger partial charge is 0.478 e. The summed E-state index contributed by atoms with van der Waals surface area (Å²) in [6.07, 6.45) is 2.40. The predicted molar refractivity (Wildman–Crippen MR) is 94.6 cm³/mol. The molecule has 0 radical (unpaired) electrons. The van der Waals surface area contributed by atoms with E-state index in [2.05, 4.69) is 27.7 Å². The normalized spacial score (nSPS) is 11.5. The van der Waals surface area contributed by atoms with Crippen molar-refractivity contribution in [2.75, 3.05) is 0 Å². The summed E-state index contributed by atoms with van der Waals surface area (Å²) in [7, 11) is 0. The van der Waals surface area contributed by atoms with Gasteiger partial charge in [0.1, 0.15) is 11.6 Å². The van der Waals surface area contributed by atoms with E-state index in [-0.39, 0.29) is 6.54 Å². The van der Waals surface area contributed by atoms with Crippen molar-refractivity contribution in [3.05, 3.63) is 68.9 Å². The lowest BCUT2D eigenvalue weighted by Gasteiger charge is -2.05. The van der Waals surface area contributed by atoms with E-state index < -0.39 is 17.6 Å². The molecule has 3 aromatic rings. The number of hydrogen-bond acceptors (Lipinski definition) is 2. The number of benzene rings is 2. The van der Waals surface area contributed by atoms with Gasteiger partial charge in [-0.3, -0.25) is 4.68 Å². The van der Waals surface area contributed by atoms with Crippen LogP contribution in [0.15, 0.2) is 42.5 Å². The molecule has 0 atom stereocenters. The molecule has 0 bridgehead atoms. The minimum atomic E-state index is -1.08. The summed E-state index contributed by atoms with van der Waals surface area (Å²) < 4.78 is 29.5. The van der Waals surface area contributed by atoms with Crippen molar-refractivity contribution in [2.24, 2.45) is 0 Å². The Bertz CT molecular complexity index is 967. The number of carboxylic acids is 1. The molecule has 7 heteroatoms. The average Bonchev–Trinajstić information content (AvgIpc) is 2.85. The monoisotopic (exact) mass is 440 g/mol. The number of aromatic nitrogens is 2. The van der Waals surface area contributed by atoms with Gasteiger partial charge in [-0.15, -0.1) is 0 Å². The van der Waals surface area contributed by atoms with Crippen LogP contribution in [0, 0.1) is 15.2 Å². The molecule has 0 amide bonds. The molecule has 24 heavy (non-hydrogen) atoms. The van der Waals surface area contributed by atoms with Gasteiger partial charge >= 0.3 is 5.97 Å². The molecule has 0 fully saturated rings. The maximum absolute atomic E-state index is 13.9. The van der Waals surface area contributed by atoms with Gasteiger partial charge in [0, 0.05) is 26.7 Å². The number of rotatable bonds is 4. The summed E-state index contributed by atoms with van der Waals surface area (Å²) >= 11 is 2.15. The van der Waals surface area contributed by atoms with Crippen molar-refractivity contribution >= 4 is 45.5 Å². The molecule has 3 rings (SSSR count). The van der Waals surface area contributed by atoms with Crippen molar-refractivity contribution in [1.29, 1.82) is 0 Å². The smallest absolute Gasteiger partial charge is 0.328 e. The van der Waals surface area contributed by atoms with Gasteiger partial charge in [-0.25, -0.2) is 13.6 Å². The first-order valence-electron chi connectivity index (χ1n) is 6.95. The molecular formula is C17H11F2IN2O2. The standard InChI is InChI=1S/C17H11F2IN2O2/c18-11-2-1-10(14(19)7-11)9-22-16-8-12(20)3-4-13(16)15(21-22)5-6-17(23)24/h1-8H,9H2,(H,23,24)/b6-5+. The molecule has 0 aliphatic heterocycles. The highest BCUT2D eigenvalue weighted by Crippen LogP contribution is 2.24. The number of fused-ring (bicyclic) bond motifs is 1. The fraction of sp³-hybridized carbons (Fsp3) is 0.0588. The van der Waals surface area contributed by atoms with E-state index in [1.807, 2.05) is 18.2 Å². The van der Waals surface area contributed by atoms with Crippen molar-refractivity contribution in [2.45, 2.75) is 6.54 Å². The minimum Gasteiger partial charge on any atom is -0.478 e. The van der Waals surface area contributed by atoms with E-state index in [1.165, 1.54) is 18.2 Å². The van der Waals surface area contributed by atoms with Crippen LogP contribution in [-0.4, -0.2) is 20.9 Å². The van der Waals surface area contributed by atoms with Crippen molar-refractivity contribution in [3.63, 3.8) is 0 Å². The van der Waals surface area contributed by atoms with Gasteiger partial charge < -0.3 is 5.11 Å². The maximum Gasteiger partial charge on any atom is 0.328 e. The summed E-state index contributed by atoms with van der Waals surface area (Å²) in [5.41, 5.74) is 1.52. The number of hydrogen-bond donors (Lipinski definition) is 1. The number of nitrogens with zero attached hydrogens (tertiary/aromatic N) is 2. The van der Waals surface area contributed by atoms with Gasteiger partial charge in [0.15, 0.2) is 0 Å². The van der Waals surface area contributed by atoms with Crippen LogP contribution in [0.5, 0.6) is 0 Å². The predicted octanol–water partition coefficient (Wildman–Crippen LogP) is 4.07. The Hall–Kier alpha value is -2.29. The van der Waals surface area contributed by atoms with Gasteiger partial charge in [-0.05, 0) is 52.9 Å². The lowest BCUT2D eigenvalue weighted by molar-refractivity contribution is -0.131. The van der Waals surface area contributed by atoms with Crippen LogP contribution >= 0.6 is 22.6 Å². The highest BCUT2D eigenvalue weighted by atomic mass is 127. The number of carbonyl (C=O) groups is 1. The summed E-state index contributed by atoms with van der Waals surface area (Å²) in [6.45, 7) is 0.115. The van der Waals surface area contributed by atoms with Crippen molar-refractivity contribution < 1.29 is 18.7 Å². The van der Waals surface area contributed by atoms with Gasteiger partial charge in [-0.1, -0.05) is 6.07 Å². The number of aliphatic carboxylic acids is 1. The Morgan fingerprint density at radius 1 is 1.25 bits per heavy atom. The topological polar surface area (TPSA) is 55.1 Å². The van der Waals surface area contributed by atoms with E-state index in [9.17, 15) is 13.6 Å². The highest BCUT2D eigenvalue weighted by Gasteiger charge is 2.12. The van der Waals surface area contributed by atoms with E-state index >= 15 is 0 Å². The first kappa shape index (κ1) is 16.6. The van der Waals surface area contributed by atoms with Gasteiger partial charge in [0.05, 0.1) is 17.8 Å². The Morgan fingerprint density at radius 2 is 2.04 bits per heavy atom. The summed E-state index contributed by atoms with van der Waals surface area (Å²) in [4.78, 5) is 10.7. The number of halogens is 3. The van der Waals surface area contributed by atoms with E-state index in [1.54, 1.807) is 4.68 Å². The highest BCUT2D eigenvalue weighted by molar-refractivity contribution is 14.1. The molecule has 0 aliphatic rings. The van der Waals surface area contributed by atoms with Gasteiger partial charge in [0.25, 0.3) is 0 Å². The quantitative estimate of drug-likeness (QED) is 0.492. The Labute approximate surface area is 149 Å². The fourth-order valence-corrected chi connectivity index (χ4v) is 2.85. The maximum atomic E-state index is 13.9. The van der Waals surface area contributed by atoms with Crippen LogP contribution in [0.1, 0.15) is 11.3 Å². The Morgan fingerprint density at radius 3 is 2.75 bits per heavy atom. The minimum absolute atomic E-state index is 0.115. The van der Waals surface area contributed by atoms with E-state index in [0.29, 0.717) is 11.3 Å². The van der Waals surface area contributed by atoms with Gasteiger partial charge in [-0.2, -0.15) is 5.10 Å². The van der Waals surface area contributed by atoms with Crippen LogP contribution in [0.4, 0.5) is 8.78 Å². The zero-order chi connectivity index (χ0) is 17.3.